The van der Waals surface area contributed by atoms with E-state index in [1.807, 2.05) is 0 Å². The zero-order valence-corrected chi connectivity index (χ0v) is 17.9. The molecule has 0 spiro atoms. The molecule has 2 aromatic carbocycles. The summed E-state index contributed by atoms with van der Waals surface area (Å²) in [5, 5.41) is 9.17. The number of carbonyl (C=O) groups is 2. The molecule has 1 aliphatic rings. The van der Waals surface area contributed by atoms with Crippen molar-refractivity contribution in [3.63, 3.8) is 0 Å². The number of halogens is 2. The average molecular weight is 468 g/mol. The van der Waals surface area contributed by atoms with Crippen molar-refractivity contribution in [2.45, 2.75) is 6.61 Å². The summed E-state index contributed by atoms with van der Waals surface area (Å²) in [4.78, 5) is 24.6. The first-order chi connectivity index (χ1) is 14.3. The van der Waals surface area contributed by atoms with Gasteiger partial charge in [0.05, 0.1) is 17.0 Å². The van der Waals surface area contributed by atoms with Gasteiger partial charge in [-0.25, -0.2) is 4.39 Å². The zero-order valence-electron chi connectivity index (χ0n) is 15.6. The molecule has 1 heterocycles. The molecule has 1 N–H and O–H groups in total. The van der Waals surface area contributed by atoms with Crippen LogP contribution in [0, 0.1) is 5.82 Å². The lowest BCUT2D eigenvalue weighted by molar-refractivity contribution is -0.140. The first-order valence-corrected chi connectivity index (χ1v) is 10.1. The van der Waals surface area contributed by atoms with Gasteiger partial charge in [-0.2, -0.15) is 0 Å². The highest BCUT2D eigenvalue weighted by Gasteiger charge is 2.33. The number of aliphatic carboxylic acids is 1. The van der Waals surface area contributed by atoms with Gasteiger partial charge in [0.25, 0.3) is 5.91 Å². The fourth-order valence-corrected chi connectivity index (χ4v) is 4.11. The number of thioether (sulfide) groups is 1. The Balaban J connectivity index is 1.84. The van der Waals surface area contributed by atoms with E-state index in [1.165, 1.54) is 19.2 Å². The third kappa shape index (κ3) is 4.92. The average Bonchev–Trinajstić information content (AvgIpc) is 2.95. The number of methoxy groups -OCH3 is 1. The number of carboxylic acid groups (broad SMARTS) is 1. The van der Waals surface area contributed by atoms with Crippen LogP contribution in [0.25, 0.3) is 6.08 Å². The van der Waals surface area contributed by atoms with Crippen LogP contribution in [0.5, 0.6) is 11.5 Å². The van der Waals surface area contributed by atoms with Crippen molar-refractivity contribution in [2.75, 3.05) is 13.7 Å². The molecular formula is C20H15ClFNO5S2. The molecule has 0 unspecified atom stereocenters. The molecule has 0 radical (unpaired) electrons. The van der Waals surface area contributed by atoms with E-state index in [2.05, 4.69) is 0 Å². The summed E-state index contributed by atoms with van der Waals surface area (Å²) in [5.74, 6) is -1.38. The molecule has 3 rings (SSSR count). The SMILES string of the molecule is COc1ccc(C=C2SC(=S)N(CC(=O)O)C2=O)cc1OCc1c(F)cccc1Cl. The van der Waals surface area contributed by atoms with Crippen molar-refractivity contribution in [3.05, 3.63) is 63.3 Å². The van der Waals surface area contributed by atoms with Crippen LogP contribution in [0.15, 0.2) is 41.3 Å². The van der Waals surface area contributed by atoms with E-state index in [-0.39, 0.29) is 26.4 Å². The van der Waals surface area contributed by atoms with Gasteiger partial charge >= 0.3 is 5.97 Å². The molecule has 6 nitrogen and oxygen atoms in total. The lowest BCUT2D eigenvalue weighted by atomic mass is 10.1. The second kappa shape index (κ2) is 9.46. The third-order valence-corrected chi connectivity index (χ3v) is 5.82. The number of nitrogens with zero attached hydrogens (tertiary/aromatic N) is 1. The fraction of sp³-hybridized carbons (Fsp3) is 0.150. The van der Waals surface area contributed by atoms with Crippen molar-refractivity contribution < 1.29 is 28.6 Å². The molecule has 1 fully saturated rings. The summed E-state index contributed by atoms with van der Waals surface area (Å²) >= 11 is 12.1. The van der Waals surface area contributed by atoms with Crippen LogP contribution in [-0.2, 0) is 16.2 Å². The van der Waals surface area contributed by atoms with Crippen molar-refractivity contribution >= 4 is 57.9 Å². The number of carbonyl (C=O) groups excluding carboxylic acids is 1. The van der Waals surface area contributed by atoms with Crippen molar-refractivity contribution in [3.8, 4) is 11.5 Å². The molecule has 0 saturated carbocycles. The standard InChI is InChI=1S/C20H15ClFNO5S2/c1-27-15-6-5-11(8-17-19(26)23(9-18(24)25)20(29)30-17)7-16(15)28-10-12-13(21)3-2-4-14(12)22/h2-8H,9-10H2,1H3,(H,24,25). The van der Waals surface area contributed by atoms with Crippen LogP contribution in [0.4, 0.5) is 4.39 Å². The van der Waals surface area contributed by atoms with E-state index < -0.39 is 24.2 Å². The Hall–Kier alpha value is -2.62. The van der Waals surface area contributed by atoms with Crippen molar-refractivity contribution in [2.24, 2.45) is 0 Å². The second-order valence-electron chi connectivity index (χ2n) is 6.06. The van der Waals surface area contributed by atoms with E-state index in [0.29, 0.717) is 17.1 Å². The van der Waals surface area contributed by atoms with E-state index >= 15 is 0 Å². The Morgan fingerprint density at radius 3 is 2.77 bits per heavy atom. The van der Waals surface area contributed by atoms with Gasteiger partial charge in [-0.3, -0.25) is 14.5 Å². The van der Waals surface area contributed by atoms with Crippen LogP contribution >= 0.6 is 35.6 Å². The van der Waals surface area contributed by atoms with Gasteiger partial charge in [-0.05, 0) is 35.9 Å². The molecule has 1 saturated heterocycles. The summed E-state index contributed by atoms with van der Waals surface area (Å²) in [7, 11) is 1.47. The molecule has 0 aliphatic carbocycles. The highest BCUT2D eigenvalue weighted by molar-refractivity contribution is 8.26. The van der Waals surface area contributed by atoms with Gasteiger partial charge in [-0.15, -0.1) is 0 Å². The van der Waals surface area contributed by atoms with Crippen molar-refractivity contribution in [1.82, 2.24) is 4.90 Å². The molecule has 2 aromatic rings. The number of ether oxygens (including phenoxy) is 2. The van der Waals surface area contributed by atoms with E-state index in [0.717, 1.165) is 16.7 Å². The number of amides is 1. The smallest absolute Gasteiger partial charge is 0.323 e. The molecule has 10 heteroatoms. The van der Waals surface area contributed by atoms with Crippen molar-refractivity contribution in [1.29, 1.82) is 0 Å². The topological polar surface area (TPSA) is 76.1 Å². The summed E-state index contributed by atoms with van der Waals surface area (Å²) < 4.78 is 25.2. The Morgan fingerprint density at radius 2 is 2.10 bits per heavy atom. The summed E-state index contributed by atoms with van der Waals surface area (Å²) in [6.45, 7) is -0.617. The molecule has 0 aromatic heterocycles. The Bertz CT molecular complexity index is 1040. The molecular weight excluding hydrogens is 453 g/mol. The van der Waals surface area contributed by atoms with Gasteiger partial charge in [0.15, 0.2) is 11.5 Å². The molecule has 0 atom stereocenters. The maximum Gasteiger partial charge on any atom is 0.323 e. The lowest BCUT2D eigenvalue weighted by Crippen LogP contribution is -2.33. The highest BCUT2D eigenvalue weighted by atomic mass is 35.5. The number of hydrogen-bond donors (Lipinski definition) is 1. The second-order valence-corrected chi connectivity index (χ2v) is 8.14. The van der Waals surface area contributed by atoms with Gasteiger partial charge in [0.2, 0.25) is 0 Å². The van der Waals surface area contributed by atoms with Gasteiger partial charge in [-0.1, -0.05) is 47.7 Å². The third-order valence-electron chi connectivity index (χ3n) is 4.09. The number of rotatable bonds is 7. The van der Waals surface area contributed by atoms with Gasteiger partial charge < -0.3 is 14.6 Å². The van der Waals surface area contributed by atoms with Crippen LogP contribution in [0.2, 0.25) is 5.02 Å². The number of hydrogen-bond acceptors (Lipinski definition) is 6. The van der Waals surface area contributed by atoms with Crippen LogP contribution in [0.1, 0.15) is 11.1 Å². The van der Waals surface area contributed by atoms with Gasteiger partial charge in [0.1, 0.15) is 23.3 Å². The van der Waals surface area contributed by atoms with E-state index in [4.69, 9.17) is 38.4 Å². The maximum absolute atomic E-state index is 14.0. The normalized spacial score (nSPS) is 15.0. The summed E-state index contributed by atoms with van der Waals surface area (Å²) in [6.07, 6.45) is 1.57. The maximum atomic E-state index is 14.0. The number of benzene rings is 2. The molecule has 0 bridgehead atoms. The molecule has 1 aliphatic heterocycles. The molecule has 30 heavy (non-hydrogen) atoms. The van der Waals surface area contributed by atoms with Crippen LogP contribution in [0.3, 0.4) is 0 Å². The Labute approximate surface area is 186 Å². The lowest BCUT2D eigenvalue weighted by Gasteiger charge is -2.13. The minimum absolute atomic E-state index is 0.119. The summed E-state index contributed by atoms with van der Waals surface area (Å²) in [6, 6.07) is 9.32. The van der Waals surface area contributed by atoms with Crippen LogP contribution in [-0.4, -0.2) is 39.9 Å². The number of thiocarbonyl (C=S) groups is 1. The van der Waals surface area contributed by atoms with Gasteiger partial charge in [0, 0.05) is 5.56 Å². The first-order valence-electron chi connectivity index (χ1n) is 8.51. The Morgan fingerprint density at radius 1 is 1.33 bits per heavy atom. The molecule has 1 amide bonds. The highest BCUT2D eigenvalue weighted by Crippen LogP contribution is 2.35. The zero-order chi connectivity index (χ0) is 21.8. The Kier molecular flexibility index (Phi) is 6.96. The largest absolute Gasteiger partial charge is 0.493 e. The van der Waals surface area contributed by atoms with Crippen LogP contribution < -0.4 is 9.47 Å². The minimum Gasteiger partial charge on any atom is -0.493 e. The molecule has 156 valence electrons. The predicted molar refractivity (Wildman–Crippen MR) is 116 cm³/mol. The monoisotopic (exact) mass is 467 g/mol. The van der Waals surface area contributed by atoms with E-state index in [9.17, 15) is 14.0 Å². The van der Waals surface area contributed by atoms with E-state index in [1.54, 1.807) is 30.3 Å². The summed E-state index contributed by atoms with van der Waals surface area (Å²) in [5.41, 5.74) is 0.808. The minimum atomic E-state index is -1.15. The first kappa shape index (κ1) is 22.1. The number of carboxylic acids is 1. The fourth-order valence-electron chi connectivity index (χ4n) is 2.64. The quantitative estimate of drug-likeness (QED) is 0.479. The predicted octanol–water partition coefficient (Wildman–Crippen LogP) is 4.35.